The second kappa shape index (κ2) is 5.65. The van der Waals surface area contributed by atoms with Gasteiger partial charge in [0, 0.05) is 18.4 Å². The van der Waals surface area contributed by atoms with E-state index < -0.39 is 0 Å². The van der Waals surface area contributed by atoms with Crippen molar-refractivity contribution in [3.8, 4) is 11.8 Å². The quantitative estimate of drug-likeness (QED) is 0.776. The van der Waals surface area contributed by atoms with Crippen LogP contribution in [-0.4, -0.2) is 23.5 Å². The van der Waals surface area contributed by atoms with E-state index in [1.807, 2.05) is 0 Å². The molecular weight excluding hydrogens is 226 g/mol. The Morgan fingerprint density at radius 2 is 2.50 bits per heavy atom. The van der Waals surface area contributed by atoms with E-state index in [0.717, 1.165) is 12.8 Å². The highest BCUT2D eigenvalue weighted by Gasteiger charge is 2.36. The smallest absolute Gasteiger partial charge is 0.252 e. The standard InChI is InChI=1S/C14H17N3O/c1-2-10-8-13(10)17-14(18)12-5-7-16-9-11(12)4-3-6-15/h5,7,9-10,13H,2,6,8,15H2,1H3,(H,17,18). The molecule has 0 aliphatic heterocycles. The fourth-order valence-corrected chi connectivity index (χ4v) is 1.96. The number of pyridine rings is 1. The lowest BCUT2D eigenvalue weighted by atomic mass is 10.1. The number of nitrogens with one attached hydrogen (secondary N) is 1. The number of carbonyl (C=O) groups is 1. The highest BCUT2D eigenvalue weighted by atomic mass is 16.1. The normalized spacial score (nSPS) is 20.8. The molecular formula is C14H17N3O. The molecule has 2 unspecified atom stereocenters. The predicted octanol–water partition coefficient (Wildman–Crippen LogP) is 0.920. The summed E-state index contributed by atoms with van der Waals surface area (Å²) in [6.07, 6.45) is 5.40. The monoisotopic (exact) mass is 243 g/mol. The van der Waals surface area contributed by atoms with Crippen molar-refractivity contribution in [2.45, 2.75) is 25.8 Å². The van der Waals surface area contributed by atoms with Crippen molar-refractivity contribution in [3.63, 3.8) is 0 Å². The number of nitrogens with zero attached hydrogens (tertiary/aromatic N) is 1. The van der Waals surface area contributed by atoms with Gasteiger partial charge in [-0.2, -0.15) is 0 Å². The lowest BCUT2D eigenvalue weighted by Gasteiger charge is -2.05. The minimum Gasteiger partial charge on any atom is -0.349 e. The fraction of sp³-hybridized carbons (Fsp3) is 0.429. The van der Waals surface area contributed by atoms with Gasteiger partial charge in [0.25, 0.3) is 5.91 Å². The summed E-state index contributed by atoms with van der Waals surface area (Å²) < 4.78 is 0. The molecule has 1 aliphatic rings. The van der Waals surface area contributed by atoms with Crippen LogP contribution in [0, 0.1) is 17.8 Å². The fourth-order valence-electron chi connectivity index (χ4n) is 1.96. The van der Waals surface area contributed by atoms with Gasteiger partial charge in [-0.05, 0) is 18.4 Å². The average Bonchev–Trinajstić information content (AvgIpc) is 3.15. The van der Waals surface area contributed by atoms with Crippen molar-refractivity contribution >= 4 is 5.91 Å². The van der Waals surface area contributed by atoms with Crippen LogP contribution in [0.25, 0.3) is 0 Å². The number of nitrogens with two attached hydrogens (primary N) is 1. The first-order valence-electron chi connectivity index (χ1n) is 6.20. The first-order chi connectivity index (χ1) is 8.76. The molecule has 18 heavy (non-hydrogen) atoms. The molecule has 3 N–H and O–H groups in total. The summed E-state index contributed by atoms with van der Waals surface area (Å²) in [6, 6.07) is 2.02. The van der Waals surface area contributed by atoms with Gasteiger partial charge >= 0.3 is 0 Å². The Bertz CT molecular complexity index is 501. The summed E-state index contributed by atoms with van der Waals surface area (Å²) in [4.78, 5) is 16.1. The maximum absolute atomic E-state index is 12.1. The molecule has 1 aliphatic carbocycles. The summed E-state index contributed by atoms with van der Waals surface area (Å²) in [5.41, 5.74) is 6.54. The minimum atomic E-state index is -0.0697. The van der Waals surface area contributed by atoms with Gasteiger partial charge in [0.1, 0.15) is 0 Å². The first-order valence-corrected chi connectivity index (χ1v) is 6.20. The van der Waals surface area contributed by atoms with Crippen LogP contribution in [0.4, 0.5) is 0 Å². The summed E-state index contributed by atoms with van der Waals surface area (Å²) in [5, 5.41) is 3.02. The van der Waals surface area contributed by atoms with E-state index in [1.54, 1.807) is 18.5 Å². The highest BCUT2D eigenvalue weighted by molar-refractivity contribution is 5.96. The molecule has 1 amide bonds. The largest absolute Gasteiger partial charge is 0.349 e. The second-order valence-corrected chi connectivity index (χ2v) is 4.41. The molecule has 1 aromatic rings. The van der Waals surface area contributed by atoms with Crippen molar-refractivity contribution in [2.24, 2.45) is 11.7 Å². The number of aromatic nitrogens is 1. The predicted molar refractivity (Wildman–Crippen MR) is 69.8 cm³/mol. The molecule has 1 saturated carbocycles. The molecule has 1 aromatic heterocycles. The van der Waals surface area contributed by atoms with E-state index in [-0.39, 0.29) is 12.5 Å². The van der Waals surface area contributed by atoms with Gasteiger partial charge in [-0.25, -0.2) is 0 Å². The molecule has 0 radical (unpaired) electrons. The molecule has 2 rings (SSSR count). The van der Waals surface area contributed by atoms with Gasteiger partial charge < -0.3 is 11.1 Å². The van der Waals surface area contributed by atoms with Gasteiger partial charge in [0.15, 0.2) is 0 Å². The van der Waals surface area contributed by atoms with E-state index in [2.05, 4.69) is 29.1 Å². The summed E-state index contributed by atoms with van der Waals surface area (Å²) in [6.45, 7) is 2.41. The maximum Gasteiger partial charge on any atom is 0.252 e. The third-order valence-electron chi connectivity index (χ3n) is 3.15. The Balaban J connectivity index is 2.10. The highest BCUT2D eigenvalue weighted by Crippen LogP contribution is 2.33. The molecule has 0 aromatic carbocycles. The number of hydrogen-bond acceptors (Lipinski definition) is 3. The zero-order valence-corrected chi connectivity index (χ0v) is 10.4. The third-order valence-corrected chi connectivity index (χ3v) is 3.15. The summed E-state index contributed by atoms with van der Waals surface area (Å²) in [7, 11) is 0. The van der Waals surface area contributed by atoms with Crippen LogP contribution in [0.15, 0.2) is 18.5 Å². The van der Waals surface area contributed by atoms with E-state index >= 15 is 0 Å². The second-order valence-electron chi connectivity index (χ2n) is 4.41. The topological polar surface area (TPSA) is 68.0 Å². The zero-order valence-electron chi connectivity index (χ0n) is 10.4. The van der Waals surface area contributed by atoms with E-state index in [1.165, 1.54) is 0 Å². The lowest BCUT2D eigenvalue weighted by molar-refractivity contribution is 0.0948. The van der Waals surface area contributed by atoms with Gasteiger partial charge in [-0.1, -0.05) is 25.2 Å². The van der Waals surface area contributed by atoms with Crippen LogP contribution < -0.4 is 11.1 Å². The lowest BCUT2D eigenvalue weighted by Crippen LogP contribution is -2.27. The molecule has 1 heterocycles. The van der Waals surface area contributed by atoms with Crippen molar-refractivity contribution < 1.29 is 4.79 Å². The summed E-state index contributed by atoms with van der Waals surface area (Å²) in [5.74, 6) is 6.18. The van der Waals surface area contributed by atoms with Crippen LogP contribution in [0.5, 0.6) is 0 Å². The molecule has 4 heteroatoms. The van der Waals surface area contributed by atoms with Gasteiger partial charge in [-0.15, -0.1) is 0 Å². The molecule has 0 spiro atoms. The van der Waals surface area contributed by atoms with E-state index in [0.29, 0.717) is 23.1 Å². The van der Waals surface area contributed by atoms with Gasteiger partial charge in [-0.3, -0.25) is 9.78 Å². The third kappa shape index (κ3) is 2.88. The molecule has 0 bridgehead atoms. The molecule has 4 nitrogen and oxygen atoms in total. The van der Waals surface area contributed by atoms with E-state index in [9.17, 15) is 4.79 Å². The Morgan fingerprint density at radius 3 is 3.17 bits per heavy atom. The number of carbonyl (C=O) groups excluding carboxylic acids is 1. The van der Waals surface area contributed by atoms with E-state index in [4.69, 9.17) is 5.73 Å². The van der Waals surface area contributed by atoms with Crippen LogP contribution >= 0.6 is 0 Å². The van der Waals surface area contributed by atoms with Crippen molar-refractivity contribution in [1.29, 1.82) is 0 Å². The summed E-state index contributed by atoms with van der Waals surface area (Å²) >= 11 is 0. The zero-order chi connectivity index (χ0) is 13.0. The van der Waals surface area contributed by atoms with Crippen LogP contribution in [0.1, 0.15) is 35.7 Å². The molecule has 0 saturated heterocycles. The minimum absolute atomic E-state index is 0.0697. The van der Waals surface area contributed by atoms with Crippen LogP contribution in [0.2, 0.25) is 0 Å². The maximum atomic E-state index is 12.1. The van der Waals surface area contributed by atoms with Gasteiger partial charge in [0.2, 0.25) is 0 Å². The SMILES string of the molecule is CCC1CC1NC(=O)c1ccncc1C#CCN. The Labute approximate surface area is 107 Å². The molecule has 94 valence electrons. The number of hydrogen-bond donors (Lipinski definition) is 2. The number of rotatable bonds is 3. The molecule has 1 fully saturated rings. The molecule has 2 atom stereocenters. The first kappa shape index (κ1) is 12.6. The van der Waals surface area contributed by atoms with Crippen LogP contribution in [0.3, 0.4) is 0 Å². The van der Waals surface area contributed by atoms with Crippen molar-refractivity contribution in [1.82, 2.24) is 10.3 Å². The Kier molecular flexibility index (Phi) is 3.96. The Hall–Kier alpha value is -1.86. The number of amides is 1. The van der Waals surface area contributed by atoms with Crippen LogP contribution in [-0.2, 0) is 0 Å². The van der Waals surface area contributed by atoms with Gasteiger partial charge in [0.05, 0.1) is 17.7 Å². The Morgan fingerprint density at radius 1 is 1.67 bits per heavy atom. The average molecular weight is 243 g/mol. The van der Waals surface area contributed by atoms with Crippen molar-refractivity contribution in [2.75, 3.05) is 6.54 Å². The van der Waals surface area contributed by atoms with Crippen molar-refractivity contribution in [3.05, 3.63) is 29.6 Å².